The van der Waals surface area contributed by atoms with E-state index >= 15 is 0 Å². The fourth-order valence-corrected chi connectivity index (χ4v) is 2.07. The number of methoxy groups -OCH3 is 1. The maximum absolute atomic E-state index is 5.73. The Morgan fingerprint density at radius 1 is 1.27 bits per heavy atom. The van der Waals surface area contributed by atoms with E-state index in [-0.39, 0.29) is 0 Å². The third kappa shape index (κ3) is 2.91. The van der Waals surface area contributed by atoms with Crippen molar-refractivity contribution in [3.8, 4) is 24.0 Å². The first-order valence-electron chi connectivity index (χ1n) is 6.85. The molecule has 0 fully saturated rings. The summed E-state index contributed by atoms with van der Waals surface area (Å²) < 4.78 is 10.8. The van der Waals surface area contributed by atoms with E-state index in [2.05, 4.69) is 20.9 Å². The van der Waals surface area contributed by atoms with E-state index in [1.165, 1.54) is 11.1 Å². The average molecular weight is 293 g/mol. The van der Waals surface area contributed by atoms with Crippen molar-refractivity contribution in [3.63, 3.8) is 0 Å². The molecular formula is C17H15N3O2. The molecule has 0 spiro atoms. The number of allylic oxidation sites excluding steroid dienone is 1. The number of hydrogen-bond donors (Lipinski definition) is 0. The Labute approximate surface area is 129 Å². The van der Waals surface area contributed by atoms with Crippen LogP contribution in [-0.4, -0.2) is 28.7 Å². The second-order valence-corrected chi connectivity index (χ2v) is 4.91. The van der Waals surface area contributed by atoms with E-state index in [0.717, 1.165) is 17.9 Å². The lowest BCUT2D eigenvalue weighted by Crippen LogP contribution is -2.02. The van der Waals surface area contributed by atoms with Crippen molar-refractivity contribution in [1.82, 2.24) is 15.0 Å². The molecule has 1 aliphatic rings. The molecule has 0 amide bonds. The monoisotopic (exact) mass is 293 g/mol. The van der Waals surface area contributed by atoms with Crippen LogP contribution in [-0.2, 0) is 0 Å². The van der Waals surface area contributed by atoms with Crippen LogP contribution in [0.3, 0.4) is 0 Å². The van der Waals surface area contributed by atoms with Gasteiger partial charge in [0.05, 0.1) is 25.2 Å². The van der Waals surface area contributed by atoms with Gasteiger partial charge in [0.1, 0.15) is 23.7 Å². The van der Waals surface area contributed by atoms with Crippen LogP contribution in [0.1, 0.15) is 23.5 Å². The van der Waals surface area contributed by atoms with Gasteiger partial charge in [0, 0.05) is 0 Å². The van der Waals surface area contributed by atoms with Crippen LogP contribution >= 0.6 is 0 Å². The zero-order chi connectivity index (χ0) is 15.5. The van der Waals surface area contributed by atoms with Crippen LogP contribution in [0, 0.1) is 19.3 Å². The van der Waals surface area contributed by atoms with E-state index < -0.39 is 0 Å². The normalized spacial score (nSPS) is 12.8. The standard InChI is InChI=1S/C17H15N3O2/c1-4-12-8-18-11(2)20-17(12)22-10-13-7-15(13)16-6-5-14(21-3)9-19-16/h1,5-6,8-9H,7,10H2,2-3H3. The van der Waals surface area contributed by atoms with Crippen LogP contribution in [0.25, 0.3) is 5.57 Å². The Morgan fingerprint density at radius 2 is 2.14 bits per heavy atom. The maximum Gasteiger partial charge on any atom is 0.233 e. The Morgan fingerprint density at radius 3 is 2.82 bits per heavy atom. The quantitative estimate of drug-likeness (QED) is 0.792. The zero-order valence-corrected chi connectivity index (χ0v) is 12.5. The molecule has 0 saturated carbocycles. The second-order valence-electron chi connectivity index (χ2n) is 4.91. The topological polar surface area (TPSA) is 57.1 Å². The first-order valence-corrected chi connectivity index (χ1v) is 6.85. The number of terminal acetylenes is 1. The molecular weight excluding hydrogens is 278 g/mol. The fraction of sp³-hybridized carbons (Fsp3) is 0.235. The molecule has 0 radical (unpaired) electrons. The third-order valence-electron chi connectivity index (χ3n) is 3.39. The summed E-state index contributed by atoms with van der Waals surface area (Å²) in [5.74, 6) is 4.37. The molecule has 22 heavy (non-hydrogen) atoms. The van der Waals surface area contributed by atoms with Gasteiger partial charge < -0.3 is 9.47 Å². The third-order valence-corrected chi connectivity index (χ3v) is 3.39. The van der Waals surface area contributed by atoms with Gasteiger partial charge in [0.2, 0.25) is 5.88 Å². The highest BCUT2D eigenvalue weighted by Crippen LogP contribution is 2.39. The first kappa shape index (κ1) is 14.1. The zero-order valence-electron chi connectivity index (χ0n) is 12.5. The number of pyridine rings is 1. The van der Waals surface area contributed by atoms with E-state index in [1.807, 2.05) is 12.1 Å². The summed E-state index contributed by atoms with van der Waals surface area (Å²) in [6, 6.07) is 3.85. The predicted octanol–water partition coefficient (Wildman–Crippen LogP) is 2.41. The molecule has 2 heterocycles. The molecule has 0 atom stereocenters. The van der Waals surface area contributed by atoms with Gasteiger partial charge >= 0.3 is 0 Å². The lowest BCUT2D eigenvalue weighted by molar-refractivity contribution is 0.339. The number of aromatic nitrogens is 3. The van der Waals surface area contributed by atoms with Crippen LogP contribution < -0.4 is 9.47 Å². The van der Waals surface area contributed by atoms with Crippen molar-refractivity contribution in [3.05, 3.63) is 47.2 Å². The summed E-state index contributed by atoms with van der Waals surface area (Å²) >= 11 is 0. The van der Waals surface area contributed by atoms with Gasteiger partial charge in [-0.15, -0.1) is 6.42 Å². The highest BCUT2D eigenvalue weighted by atomic mass is 16.5. The molecule has 110 valence electrons. The van der Waals surface area contributed by atoms with Gasteiger partial charge in [0.15, 0.2) is 0 Å². The predicted molar refractivity (Wildman–Crippen MR) is 82.5 cm³/mol. The van der Waals surface area contributed by atoms with Gasteiger partial charge in [-0.1, -0.05) is 5.92 Å². The number of nitrogens with zero attached hydrogens (tertiary/aromatic N) is 3. The summed E-state index contributed by atoms with van der Waals surface area (Å²) in [5, 5.41) is 0. The van der Waals surface area contributed by atoms with Crippen LogP contribution in [0.2, 0.25) is 0 Å². The molecule has 0 saturated heterocycles. The molecule has 0 bridgehead atoms. The smallest absolute Gasteiger partial charge is 0.233 e. The van der Waals surface area contributed by atoms with Crippen LogP contribution in [0.15, 0.2) is 30.1 Å². The van der Waals surface area contributed by atoms with Crippen molar-refractivity contribution >= 4 is 5.57 Å². The lowest BCUT2D eigenvalue weighted by atomic mass is 10.3. The van der Waals surface area contributed by atoms with Crippen molar-refractivity contribution in [2.45, 2.75) is 13.3 Å². The highest BCUT2D eigenvalue weighted by molar-refractivity contribution is 5.81. The molecule has 0 aliphatic heterocycles. The number of rotatable bonds is 5. The van der Waals surface area contributed by atoms with E-state index in [0.29, 0.717) is 23.9 Å². The van der Waals surface area contributed by atoms with Crippen molar-refractivity contribution in [1.29, 1.82) is 0 Å². The minimum atomic E-state index is 0.455. The highest BCUT2D eigenvalue weighted by Gasteiger charge is 2.25. The summed E-state index contributed by atoms with van der Waals surface area (Å²) in [7, 11) is 1.62. The van der Waals surface area contributed by atoms with Crippen molar-refractivity contribution < 1.29 is 9.47 Å². The van der Waals surface area contributed by atoms with Crippen molar-refractivity contribution in [2.24, 2.45) is 0 Å². The van der Waals surface area contributed by atoms with Crippen LogP contribution in [0.4, 0.5) is 0 Å². The summed E-state index contributed by atoms with van der Waals surface area (Å²) in [5.41, 5.74) is 3.93. The van der Waals surface area contributed by atoms with Crippen molar-refractivity contribution in [2.75, 3.05) is 13.7 Å². The maximum atomic E-state index is 5.73. The molecule has 5 heteroatoms. The van der Waals surface area contributed by atoms with E-state index in [1.54, 1.807) is 26.4 Å². The molecule has 2 aromatic rings. The van der Waals surface area contributed by atoms with Gasteiger partial charge in [-0.25, -0.2) is 4.98 Å². The molecule has 1 aliphatic carbocycles. The van der Waals surface area contributed by atoms with E-state index in [4.69, 9.17) is 15.9 Å². The minimum Gasteiger partial charge on any atom is -0.495 e. The molecule has 5 nitrogen and oxygen atoms in total. The van der Waals surface area contributed by atoms with Crippen LogP contribution in [0.5, 0.6) is 11.6 Å². The Balaban J connectivity index is 1.69. The summed E-state index contributed by atoms with van der Waals surface area (Å²) in [6.07, 6.45) is 9.64. The Hall–Kier alpha value is -2.87. The number of ether oxygens (including phenoxy) is 2. The molecule has 0 unspecified atom stereocenters. The Kier molecular flexibility index (Phi) is 3.75. The first-order chi connectivity index (χ1) is 10.7. The number of hydrogen-bond acceptors (Lipinski definition) is 5. The van der Waals surface area contributed by atoms with Gasteiger partial charge in [-0.05, 0) is 36.6 Å². The van der Waals surface area contributed by atoms with Gasteiger partial charge in [0.25, 0.3) is 0 Å². The molecule has 0 aromatic carbocycles. The SMILES string of the molecule is C#Cc1cnc(C)nc1OCC1=C(c2ccc(OC)cn2)C1. The molecule has 3 rings (SSSR count). The summed E-state index contributed by atoms with van der Waals surface area (Å²) in [4.78, 5) is 12.7. The lowest BCUT2D eigenvalue weighted by Gasteiger charge is -2.05. The minimum absolute atomic E-state index is 0.455. The largest absolute Gasteiger partial charge is 0.495 e. The second kappa shape index (κ2) is 5.86. The molecule has 2 aromatic heterocycles. The molecule has 0 N–H and O–H groups in total. The summed E-state index contributed by atoms with van der Waals surface area (Å²) in [6.45, 7) is 2.27. The van der Waals surface area contributed by atoms with Gasteiger partial charge in [-0.2, -0.15) is 4.98 Å². The Bertz CT molecular complexity index is 773. The number of aryl methyl sites for hydroxylation is 1. The van der Waals surface area contributed by atoms with Gasteiger partial charge in [-0.3, -0.25) is 4.98 Å². The van der Waals surface area contributed by atoms with E-state index in [9.17, 15) is 0 Å². The fourth-order valence-electron chi connectivity index (χ4n) is 2.07. The average Bonchev–Trinajstić information content (AvgIpc) is 3.33.